The van der Waals surface area contributed by atoms with Crippen molar-refractivity contribution in [2.45, 2.75) is 45.1 Å². The number of amides is 3. The number of carboxylic acids is 1. The van der Waals surface area contributed by atoms with Gasteiger partial charge in [-0.15, -0.1) is 0 Å². The Labute approximate surface area is 124 Å². The largest absolute Gasteiger partial charge is 0.481 e. The van der Waals surface area contributed by atoms with Gasteiger partial charge in [0.15, 0.2) is 0 Å². The predicted octanol–water partition coefficient (Wildman–Crippen LogP) is 1.94. The van der Waals surface area contributed by atoms with E-state index >= 15 is 0 Å². The first-order valence-electron chi connectivity index (χ1n) is 6.65. The molecule has 0 radical (unpaired) electrons. The Kier molecular flexibility index (Phi) is 9.88. The van der Waals surface area contributed by atoms with Crippen LogP contribution in [0.25, 0.3) is 0 Å². The normalized spacial score (nSPS) is 11.8. The van der Waals surface area contributed by atoms with E-state index in [9.17, 15) is 14.4 Å². The lowest BCUT2D eigenvalue weighted by Crippen LogP contribution is -2.44. The van der Waals surface area contributed by atoms with Gasteiger partial charge in [-0.1, -0.05) is 0 Å². The average Bonchev–Trinajstić information content (AvgIpc) is 2.39. The Balaban J connectivity index is 3.93. The number of urea groups is 1. The molecular weight excluding hydrogens is 280 g/mol. The number of carbonyl (C=O) groups is 3. The van der Waals surface area contributed by atoms with Gasteiger partial charge in [-0.05, 0) is 38.2 Å². The van der Waals surface area contributed by atoms with Gasteiger partial charge in [-0.3, -0.25) is 14.9 Å². The zero-order chi connectivity index (χ0) is 15.5. The van der Waals surface area contributed by atoms with Crippen molar-refractivity contribution in [1.29, 1.82) is 0 Å². The molecule has 0 aliphatic carbocycles. The van der Waals surface area contributed by atoms with E-state index in [0.29, 0.717) is 12.8 Å². The van der Waals surface area contributed by atoms with Crippen molar-refractivity contribution in [3.63, 3.8) is 0 Å². The summed E-state index contributed by atoms with van der Waals surface area (Å²) in [6.45, 7) is 1.94. The number of carboxylic acid groups (broad SMARTS) is 1. The second-order valence-corrected chi connectivity index (χ2v) is 5.68. The maximum Gasteiger partial charge on any atom is 0.324 e. The monoisotopic (exact) mass is 304 g/mol. The zero-order valence-corrected chi connectivity index (χ0v) is 13.2. The second kappa shape index (κ2) is 10.5. The summed E-state index contributed by atoms with van der Waals surface area (Å²) in [5.74, 6) is -0.268. The first kappa shape index (κ1) is 18.8. The molecular formula is C13H24N2O4S. The van der Waals surface area contributed by atoms with E-state index in [-0.39, 0.29) is 24.8 Å². The van der Waals surface area contributed by atoms with Crippen molar-refractivity contribution >= 4 is 29.7 Å². The highest BCUT2D eigenvalue weighted by molar-refractivity contribution is 7.98. The Morgan fingerprint density at radius 3 is 2.40 bits per heavy atom. The third-order valence-electron chi connectivity index (χ3n) is 3.01. The SMILES string of the molecule is CSCCC(C)N(C)C(=O)NC(=O)CCCCC(=O)O. The maximum atomic E-state index is 11.8. The number of carbonyl (C=O) groups excluding carboxylic acids is 2. The van der Waals surface area contributed by atoms with E-state index < -0.39 is 12.0 Å². The molecule has 0 saturated carbocycles. The van der Waals surface area contributed by atoms with Gasteiger partial charge in [0.05, 0.1) is 0 Å². The lowest BCUT2D eigenvalue weighted by atomic mass is 10.2. The van der Waals surface area contributed by atoms with Crippen LogP contribution >= 0.6 is 11.8 Å². The third kappa shape index (κ3) is 8.79. The highest BCUT2D eigenvalue weighted by Crippen LogP contribution is 2.06. The number of nitrogens with one attached hydrogen (secondary N) is 1. The van der Waals surface area contributed by atoms with Crippen LogP contribution < -0.4 is 5.32 Å². The molecule has 7 heteroatoms. The van der Waals surface area contributed by atoms with Crippen LogP contribution in [0.5, 0.6) is 0 Å². The summed E-state index contributed by atoms with van der Waals surface area (Å²) in [7, 11) is 1.66. The average molecular weight is 304 g/mol. The molecule has 0 aromatic carbocycles. The molecule has 1 unspecified atom stereocenters. The molecule has 1 atom stereocenters. The highest BCUT2D eigenvalue weighted by Gasteiger charge is 2.17. The molecule has 0 rings (SSSR count). The minimum atomic E-state index is -0.871. The fraction of sp³-hybridized carbons (Fsp3) is 0.769. The predicted molar refractivity (Wildman–Crippen MR) is 79.9 cm³/mol. The summed E-state index contributed by atoms with van der Waals surface area (Å²) in [6.07, 6.45) is 4.01. The van der Waals surface area contributed by atoms with Crippen molar-refractivity contribution in [3.05, 3.63) is 0 Å². The fourth-order valence-electron chi connectivity index (χ4n) is 1.51. The molecule has 0 fully saturated rings. The summed E-state index contributed by atoms with van der Waals surface area (Å²) in [4.78, 5) is 35.1. The Morgan fingerprint density at radius 2 is 1.85 bits per heavy atom. The van der Waals surface area contributed by atoms with Gasteiger partial charge in [0.1, 0.15) is 0 Å². The standard InChI is InChI=1S/C13H24N2O4S/c1-10(8-9-20-3)15(2)13(19)14-11(16)6-4-5-7-12(17)18/h10H,4-9H2,1-3H3,(H,17,18)(H,14,16,19). The topological polar surface area (TPSA) is 86.7 Å². The van der Waals surface area contributed by atoms with Crippen molar-refractivity contribution in [1.82, 2.24) is 10.2 Å². The smallest absolute Gasteiger partial charge is 0.324 e. The van der Waals surface area contributed by atoms with E-state index in [0.717, 1.165) is 12.2 Å². The van der Waals surface area contributed by atoms with Crippen LogP contribution in [0, 0.1) is 0 Å². The van der Waals surface area contributed by atoms with E-state index in [4.69, 9.17) is 5.11 Å². The quantitative estimate of drug-likeness (QED) is 0.636. The first-order valence-corrected chi connectivity index (χ1v) is 8.05. The molecule has 116 valence electrons. The third-order valence-corrected chi connectivity index (χ3v) is 3.66. The summed E-state index contributed by atoms with van der Waals surface area (Å²) in [5, 5.41) is 10.8. The number of hydrogen-bond donors (Lipinski definition) is 2. The molecule has 0 spiro atoms. The van der Waals surface area contributed by atoms with Crippen LogP contribution in [0.4, 0.5) is 4.79 Å². The molecule has 0 heterocycles. The fourth-order valence-corrected chi connectivity index (χ4v) is 2.09. The number of imide groups is 1. The molecule has 0 aliphatic heterocycles. The number of unbranched alkanes of at least 4 members (excludes halogenated alkanes) is 1. The number of thioether (sulfide) groups is 1. The van der Waals surface area contributed by atoms with Gasteiger partial charge in [0, 0.05) is 25.9 Å². The minimum absolute atomic E-state index is 0.0485. The molecule has 0 saturated heterocycles. The van der Waals surface area contributed by atoms with Crippen molar-refractivity contribution < 1.29 is 19.5 Å². The van der Waals surface area contributed by atoms with E-state index in [2.05, 4.69) is 5.32 Å². The molecule has 0 aromatic rings. The highest BCUT2D eigenvalue weighted by atomic mass is 32.2. The van der Waals surface area contributed by atoms with Gasteiger partial charge in [-0.25, -0.2) is 4.79 Å². The number of hydrogen-bond acceptors (Lipinski definition) is 4. The number of nitrogens with zero attached hydrogens (tertiary/aromatic N) is 1. The van der Waals surface area contributed by atoms with Crippen molar-refractivity contribution in [2.75, 3.05) is 19.1 Å². The number of aliphatic carboxylic acids is 1. The maximum absolute atomic E-state index is 11.8. The molecule has 3 amide bonds. The summed E-state index contributed by atoms with van der Waals surface area (Å²) in [6, 6.07) is -0.330. The summed E-state index contributed by atoms with van der Waals surface area (Å²) in [5.41, 5.74) is 0. The van der Waals surface area contributed by atoms with Crippen LogP contribution in [0.3, 0.4) is 0 Å². The Bertz CT molecular complexity index is 336. The molecule has 0 bridgehead atoms. The first-order chi connectivity index (χ1) is 9.38. The number of rotatable bonds is 9. The molecule has 2 N–H and O–H groups in total. The van der Waals surface area contributed by atoms with Crippen molar-refractivity contribution in [2.24, 2.45) is 0 Å². The minimum Gasteiger partial charge on any atom is -0.481 e. The van der Waals surface area contributed by atoms with Crippen LogP contribution in [-0.4, -0.2) is 53.0 Å². The Hall–Kier alpha value is -1.24. The van der Waals surface area contributed by atoms with E-state index in [1.807, 2.05) is 13.2 Å². The lowest BCUT2D eigenvalue weighted by Gasteiger charge is -2.24. The summed E-state index contributed by atoms with van der Waals surface area (Å²) >= 11 is 1.72. The van der Waals surface area contributed by atoms with Gasteiger partial charge in [0.2, 0.25) is 5.91 Å². The van der Waals surface area contributed by atoms with Gasteiger partial charge < -0.3 is 10.0 Å². The molecule has 0 aliphatic rings. The second-order valence-electron chi connectivity index (χ2n) is 4.70. The van der Waals surface area contributed by atoms with Crippen LogP contribution in [0.2, 0.25) is 0 Å². The van der Waals surface area contributed by atoms with Gasteiger partial charge >= 0.3 is 12.0 Å². The van der Waals surface area contributed by atoms with E-state index in [1.54, 1.807) is 18.8 Å². The van der Waals surface area contributed by atoms with Crippen LogP contribution in [0.15, 0.2) is 0 Å². The van der Waals surface area contributed by atoms with E-state index in [1.165, 1.54) is 4.90 Å². The molecule has 20 heavy (non-hydrogen) atoms. The lowest BCUT2D eigenvalue weighted by molar-refractivity contribution is -0.137. The van der Waals surface area contributed by atoms with Gasteiger partial charge in [-0.2, -0.15) is 11.8 Å². The van der Waals surface area contributed by atoms with Crippen molar-refractivity contribution in [3.8, 4) is 0 Å². The Morgan fingerprint density at radius 1 is 1.25 bits per heavy atom. The zero-order valence-electron chi connectivity index (χ0n) is 12.3. The summed E-state index contributed by atoms with van der Waals surface area (Å²) < 4.78 is 0. The molecule has 0 aromatic heterocycles. The van der Waals surface area contributed by atoms with Crippen LogP contribution in [-0.2, 0) is 9.59 Å². The van der Waals surface area contributed by atoms with Crippen LogP contribution in [0.1, 0.15) is 39.0 Å². The van der Waals surface area contributed by atoms with Gasteiger partial charge in [0.25, 0.3) is 0 Å². The molecule has 6 nitrogen and oxygen atoms in total.